The van der Waals surface area contributed by atoms with E-state index < -0.39 is 40.7 Å². The molecule has 0 aromatic heterocycles. The summed E-state index contributed by atoms with van der Waals surface area (Å²) in [5.74, 6) is -1.95. The molecule has 4 rings (SSSR count). The Kier molecular flexibility index (Phi) is 6.43. The predicted molar refractivity (Wildman–Crippen MR) is 123 cm³/mol. The van der Waals surface area contributed by atoms with Crippen molar-refractivity contribution in [3.8, 4) is 0 Å². The summed E-state index contributed by atoms with van der Waals surface area (Å²) >= 11 is 0. The van der Waals surface area contributed by atoms with Gasteiger partial charge in [0.2, 0.25) is 15.9 Å². The SMILES string of the molecule is Cc1ccc(S(=O)(=O)N2CC(O)C[C@H]2C(=O)OCC(=O)N2CC(=O)Nc3ccccc32)cc1C. The zero-order valence-corrected chi connectivity index (χ0v) is 19.5. The summed E-state index contributed by atoms with van der Waals surface area (Å²) in [6, 6.07) is 10.1. The van der Waals surface area contributed by atoms with Crippen molar-refractivity contribution < 1.29 is 32.6 Å². The number of aryl methyl sites for hydroxylation is 2. The van der Waals surface area contributed by atoms with Crippen LogP contribution in [0.5, 0.6) is 0 Å². The number of sulfonamides is 1. The number of aliphatic hydroxyl groups excluding tert-OH is 1. The average Bonchev–Trinajstić information content (AvgIpc) is 3.21. The number of para-hydroxylation sites is 2. The second-order valence-electron chi connectivity index (χ2n) is 8.38. The fraction of sp³-hybridized carbons (Fsp3) is 0.348. The average molecular weight is 488 g/mol. The highest BCUT2D eigenvalue weighted by Crippen LogP contribution is 2.30. The van der Waals surface area contributed by atoms with Crippen molar-refractivity contribution in [2.24, 2.45) is 0 Å². The van der Waals surface area contributed by atoms with Crippen LogP contribution in [0.25, 0.3) is 0 Å². The lowest BCUT2D eigenvalue weighted by molar-refractivity contribution is -0.151. The van der Waals surface area contributed by atoms with E-state index in [1.54, 1.807) is 37.3 Å². The molecule has 2 heterocycles. The van der Waals surface area contributed by atoms with Gasteiger partial charge in [-0.1, -0.05) is 18.2 Å². The molecule has 0 aliphatic carbocycles. The van der Waals surface area contributed by atoms with Crippen LogP contribution in [-0.2, 0) is 29.1 Å². The standard InChI is InChI=1S/C23H25N3O7S/c1-14-7-8-17(9-15(14)2)34(31,32)26-11-16(27)10-20(26)23(30)33-13-22(29)25-12-21(28)24-18-5-3-4-6-19(18)25/h3-9,16,20,27H,10-13H2,1-2H3,(H,24,28)/t16?,20-/m0/s1. The van der Waals surface area contributed by atoms with Gasteiger partial charge in [0.1, 0.15) is 12.6 Å². The number of benzene rings is 2. The van der Waals surface area contributed by atoms with Crippen molar-refractivity contribution >= 4 is 39.2 Å². The molecule has 2 aliphatic rings. The fourth-order valence-electron chi connectivity index (χ4n) is 4.04. The number of anilines is 2. The topological polar surface area (TPSA) is 133 Å². The normalized spacial score (nSPS) is 20.6. The van der Waals surface area contributed by atoms with Crippen LogP contribution in [-0.4, -0.2) is 67.5 Å². The zero-order chi connectivity index (χ0) is 24.6. The number of carbonyl (C=O) groups excluding carboxylic acids is 3. The molecule has 0 radical (unpaired) electrons. The van der Waals surface area contributed by atoms with Gasteiger partial charge in [-0.2, -0.15) is 4.31 Å². The lowest BCUT2D eigenvalue weighted by atomic mass is 10.1. The Labute approximate surface area is 197 Å². The van der Waals surface area contributed by atoms with Crippen molar-refractivity contribution in [3.63, 3.8) is 0 Å². The monoisotopic (exact) mass is 487 g/mol. The molecule has 1 fully saturated rings. The van der Waals surface area contributed by atoms with E-state index in [9.17, 15) is 27.9 Å². The molecule has 2 aromatic rings. The van der Waals surface area contributed by atoms with Gasteiger partial charge in [-0.15, -0.1) is 0 Å². The molecule has 180 valence electrons. The van der Waals surface area contributed by atoms with Crippen molar-refractivity contribution in [1.29, 1.82) is 0 Å². The summed E-state index contributed by atoms with van der Waals surface area (Å²) in [6.45, 7) is 2.46. The van der Waals surface area contributed by atoms with Crippen LogP contribution in [0.3, 0.4) is 0 Å². The molecule has 1 saturated heterocycles. The third-order valence-electron chi connectivity index (χ3n) is 6.00. The Morgan fingerprint density at radius 3 is 2.62 bits per heavy atom. The van der Waals surface area contributed by atoms with Crippen LogP contribution < -0.4 is 10.2 Å². The molecule has 0 spiro atoms. The van der Waals surface area contributed by atoms with E-state index in [4.69, 9.17) is 4.74 Å². The smallest absolute Gasteiger partial charge is 0.325 e. The van der Waals surface area contributed by atoms with Crippen LogP contribution >= 0.6 is 0 Å². The van der Waals surface area contributed by atoms with E-state index in [-0.39, 0.29) is 30.3 Å². The molecule has 0 bridgehead atoms. The van der Waals surface area contributed by atoms with Crippen LogP contribution in [0.15, 0.2) is 47.4 Å². The Morgan fingerprint density at radius 2 is 1.88 bits per heavy atom. The molecule has 2 amide bonds. The van der Waals surface area contributed by atoms with E-state index in [0.29, 0.717) is 11.4 Å². The van der Waals surface area contributed by atoms with E-state index >= 15 is 0 Å². The molecule has 2 aliphatic heterocycles. The number of esters is 1. The Hall–Kier alpha value is -3.28. The third-order valence-corrected chi connectivity index (χ3v) is 7.87. The van der Waals surface area contributed by atoms with Gasteiger partial charge in [-0.3, -0.25) is 19.3 Å². The minimum atomic E-state index is -4.09. The first-order valence-corrected chi connectivity index (χ1v) is 12.1. The number of carbonyl (C=O) groups is 3. The number of β-amino-alcohol motifs (C(OH)–C–C–N with tert-alkyl or cyclic N) is 1. The maximum Gasteiger partial charge on any atom is 0.325 e. The highest BCUT2D eigenvalue weighted by atomic mass is 32.2. The highest BCUT2D eigenvalue weighted by Gasteiger charge is 2.44. The van der Waals surface area contributed by atoms with Gasteiger partial charge < -0.3 is 15.2 Å². The maximum absolute atomic E-state index is 13.2. The Balaban J connectivity index is 1.48. The third kappa shape index (κ3) is 4.54. The minimum Gasteiger partial charge on any atom is -0.454 e. The second kappa shape index (κ2) is 9.16. The van der Waals surface area contributed by atoms with Crippen LogP contribution in [0.4, 0.5) is 11.4 Å². The summed E-state index contributed by atoms with van der Waals surface area (Å²) in [6.07, 6.45) is -1.20. The van der Waals surface area contributed by atoms with Gasteiger partial charge in [0.05, 0.1) is 22.4 Å². The molecule has 34 heavy (non-hydrogen) atoms. The lowest BCUT2D eigenvalue weighted by Crippen LogP contribution is -2.45. The van der Waals surface area contributed by atoms with Crippen molar-refractivity contribution in [1.82, 2.24) is 4.31 Å². The maximum atomic E-state index is 13.2. The molecule has 2 aromatic carbocycles. The van der Waals surface area contributed by atoms with Crippen molar-refractivity contribution in [2.75, 3.05) is 29.9 Å². The summed E-state index contributed by atoms with van der Waals surface area (Å²) < 4.78 is 32.5. The number of ether oxygens (including phenoxy) is 1. The first-order chi connectivity index (χ1) is 16.1. The van der Waals surface area contributed by atoms with E-state index in [2.05, 4.69) is 5.32 Å². The summed E-state index contributed by atoms with van der Waals surface area (Å²) in [4.78, 5) is 38.7. The fourth-order valence-corrected chi connectivity index (χ4v) is 5.75. The van der Waals surface area contributed by atoms with Crippen molar-refractivity contribution in [2.45, 2.75) is 37.3 Å². The molecular weight excluding hydrogens is 462 g/mol. The van der Waals surface area contributed by atoms with Crippen molar-refractivity contribution in [3.05, 3.63) is 53.6 Å². The number of nitrogens with zero attached hydrogens (tertiary/aromatic N) is 2. The summed E-state index contributed by atoms with van der Waals surface area (Å²) in [5, 5.41) is 12.8. The molecule has 10 nitrogen and oxygen atoms in total. The van der Waals surface area contributed by atoms with Gasteiger partial charge >= 0.3 is 5.97 Å². The van der Waals surface area contributed by atoms with Gasteiger partial charge in [-0.05, 0) is 49.2 Å². The molecular formula is C23H25N3O7S. The van der Waals surface area contributed by atoms with Crippen LogP contribution in [0.2, 0.25) is 0 Å². The number of aliphatic hydroxyl groups is 1. The zero-order valence-electron chi connectivity index (χ0n) is 18.7. The number of hydrogen-bond donors (Lipinski definition) is 2. The van der Waals surface area contributed by atoms with E-state index in [0.717, 1.165) is 15.4 Å². The number of hydrogen-bond acceptors (Lipinski definition) is 7. The van der Waals surface area contributed by atoms with Crippen LogP contribution in [0, 0.1) is 13.8 Å². The molecule has 0 saturated carbocycles. The molecule has 2 atom stereocenters. The van der Waals surface area contributed by atoms with E-state index in [1.807, 2.05) is 6.92 Å². The second-order valence-corrected chi connectivity index (χ2v) is 10.3. The summed E-state index contributed by atoms with van der Waals surface area (Å²) in [5.41, 5.74) is 2.63. The van der Waals surface area contributed by atoms with Gasteiger partial charge in [0.15, 0.2) is 6.61 Å². The summed E-state index contributed by atoms with van der Waals surface area (Å²) in [7, 11) is -4.09. The minimum absolute atomic E-state index is 0.00881. The lowest BCUT2D eigenvalue weighted by Gasteiger charge is -2.29. The Bertz CT molecular complexity index is 1260. The number of rotatable bonds is 5. The Morgan fingerprint density at radius 1 is 1.15 bits per heavy atom. The van der Waals surface area contributed by atoms with Crippen LogP contribution in [0.1, 0.15) is 17.5 Å². The molecule has 1 unspecified atom stereocenters. The first-order valence-electron chi connectivity index (χ1n) is 10.7. The quantitative estimate of drug-likeness (QED) is 0.600. The molecule has 2 N–H and O–H groups in total. The van der Waals surface area contributed by atoms with E-state index in [1.165, 1.54) is 17.0 Å². The molecule has 11 heteroatoms. The van der Waals surface area contributed by atoms with Gasteiger partial charge in [0, 0.05) is 13.0 Å². The number of nitrogens with one attached hydrogen (secondary N) is 1. The largest absolute Gasteiger partial charge is 0.454 e. The first kappa shape index (κ1) is 23.9. The van der Waals surface area contributed by atoms with Gasteiger partial charge in [-0.25, -0.2) is 8.42 Å². The number of fused-ring (bicyclic) bond motifs is 1. The van der Waals surface area contributed by atoms with Gasteiger partial charge in [0.25, 0.3) is 5.91 Å². The number of amides is 2. The highest BCUT2D eigenvalue weighted by molar-refractivity contribution is 7.89. The predicted octanol–water partition coefficient (Wildman–Crippen LogP) is 0.956.